The third-order valence-electron chi connectivity index (χ3n) is 3.70. The summed E-state index contributed by atoms with van der Waals surface area (Å²) in [5.74, 6) is 0.930. The first-order valence-electron chi connectivity index (χ1n) is 6.94. The molecule has 1 aromatic rings. The largest absolute Gasteiger partial charge is 0.349 e. The maximum absolute atomic E-state index is 12.2. The summed E-state index contributed by atoms with van der Waals surface area (Å²) < 4.78 is 0. The first-order valence-corrected chi connectivity index (χ1v) is 7.32. The van der Waals surface area contributed by atoms with Crippen molar-refractivity contribution >= 4 is 17.5 Å². The van der Waals surface area contributed by atoms with E-state index >= 15 is 0 Å². The summed E-state index contributed by atoms with van der Waals surface area (Å²) in [6.45, 7) is 6.31. The van der Waals surface area contributed by atoms with Gasteiger partial charge in [0, 0.05) is 17.3 Å². The zero-order chi connectivity index (χ0) is 14.0. The van der Waals surface area contributed by atoms with E-state index in [1.165, 1.54) is 6.42 Å². The summed E-state index contributed by atoms with van der Waals surface area (Å²) >= 11 is 5.99. The molecule has 1 fully saturated rings. The van der Waals surface area contributed by atoms with Crippen molar-refractivity contribution in [2.75, 3.05) is 0 Å². The van der Waals surface area contributed by atoms with Crippen molar-refractivity contribution in [1.29, 1.82) is 0 Å². The second-order valence-corrected chi connectivity index (χ2v) is 6.23. The number of carbonyl (C=O) groups is 1. The van der Waals surface area contributed by atoms with Crippen molar-refractivity contribution in [2.45, 2.75) is 52.0 Å². The Morgan fingerprint density at radius 2 is 2.16 bits per heavy atom. The fourth-order valence-electron chi connectivity index (χ4n) is 2.55. The fourth-order valence-corrected chi connectivity index (χ4v) is 2.77. The number of rotatable bonds is 3. The van der Waals surface area contributed by atoms with Gasteiger partial charge in [-0.1, -0.05) is 32.4 Å². The van der Waals surface area contributed by atoms with Gasteiger partial charge in [-0.15, -0.1) is 0 Å². The van der Waals surface area contributed by atoms with Gasteiger partial charge in [-0.2, -0.15) is 0 Å². The molecule has 0 bridgehead atoms. The van der Waals surface area contributed by atoms with Crippen LogP contribution in [-0.4, -0.2) is 16.9 Å². The molecule has 19 heavy (non-hydrogen) atoms. The number of pyridine rings is 1. The van der Waals surface area contributed by atoms with Crippen LogP contribution in [0.5, 0.6) is 0 Å². The molecular weight excluding hydrogens is 260 g/mol. The Hall–Kier alpha value is -1.09. The molecule has 2 unspecified atom stereocenters. The van der Waals surface area contributed by atoms with Crippen molar-refractivity contribution in [2.24, 2.45) is 5.92 Å². The van der Waals surface area contributed by atoms with Crippen molar-refractivity contribution in [3.05, 3.63) is 28.5 Å². The molecule has 3 nitrogen and oxygen atoms in total. The van der Waals surface area contributed by atoms with E-state index in [0.717, 1.165) is 18.5 Å². The third kappa shape index (κ3) is 3.69. The minimum Gasteiger partial charge on any atom is -0.349 e. The molecule has 2 rings (SSSR count). The predicted octanol–water partition coefficient (Wildman–Crippen LogP) is 3.78. The quantitative estimate of drug-likeness (QED) is 0.856. The topological polar surface area (TPSA) is 42.0 Å². The number of carbonyl (C=O) groups excluding carboxylic acids is 1. The third-order valence-corrected chi connectivity index (χ3v) is 3.89. The van der Waals surface area contributed by atoms with E-state index in [2.05, 4.69) is 17.2 Å². The molecule has 2 atom stereocenters. The predicted molar refractivity (Wildman–Crippen MR) is 77.6 cm³/mol. The highest BCUT2D eigenvalue weighted by atomic mass is 35.5. The Balaban J connectivity index is 2.10. The molecule has 1 amide bonds. The number of nitrogens with zero attached hydrogens (tertiary/aromatic N) is 1. The minimum absolute atomic E-state index is 0.0368. The van der Waals surface area contributed by atoms with Crippen LogP contribution in [0.2, 0.25) is 5.15 Å². The van der Waals surface area contributed by atoms with Gasteiger partial charge in [0.05, 0.1) is 0 Å². The first-order chi connectivity index (χ1) is 8.95. The first kappa shape index (κ1) is 14.3. The van der Waals surface area contributed by atoms with Gasteiger partial charge in [-0.3, -0.25) is 4.79 Å². The zero-order valence-electron chi connectivity index (χ0n) is 11.7. The highest BCUT2D eigenvalue weighted by Gasteiger charge is 2.23. The van der Waals surface area contributed by atoms with E-state index in [0.29, 0.717) is 22.7 Å². The molecule has 104 valence electrons. The van der Waals surface area contributed by atoms with Crippen LogP contribution in [-0.2, 0) is 0 Å². The SMILES string of the molecule is CC1CCC(NC(=O)c2cc(Cl)nc(C(C)C)c2)C1. The van der Waals surface area contributed by atoms with Gasteiger partial charge in [0.15, 0.2) is 0 Å². The van der Waals surface area contributed by atoms with Gasteiger partial charge < -0.3 is 5.32 Å². The van der Waals surface area contributed by atoms with Crippen molar-refractivity contribution in [3.63, 3.8) is 0 Å². The Kier molecular flexibility index (Phi) is 4.46. The lowest BCUT2D eigenvalue weighted by molar-refractivity contribution is 0.0937. The zero-order valence-corrected chi connectivity index (χ0v) is 12.5. The van der Waals surface area contributed by atoms with Gasteiger partial charge in [0.25, 0.3) is 5.91 Å². The van der Waals surface area contributed by atoms with E-state index < -0.39 is 0 Å². The number of nitrogens with one attached hydrogen (secondary N) is 1. The lowest BCUT2D eigenvalue weighted by Crippen LogP contribution is -2.33. The minimum atomic E-state index is -0.0368. The molecule has 1 heterocycles. The second kappa shape index (κ2) is 5.91. The van der Waals surface area contributed by atoms with Crippen LogP contribution in [0.1, 0.15) is 62.0 Å². The molecule has 0 aliphatic heterocycles. The molecular formula is C15H21ClN2O. The highest BCUT2D eigenvalue weighted by molar-refractivity contribution is 6.29. The van der Waals surface area contributed by atoms with Gasteiger partial charge in [0.2, 0.25) is 0 Å². The average Bonchev–Trinajstić information content (AvgIpc) is 2.73. The van der Waals surface area contributed by atoms with Crippen molar-refractivity contribution in [3.8, 4) is 0 Å². The molecule has 0 saturated heterocycles. The van der Waals surface area contributed by atoms with Gasteiger partial charge >= 0.3 is 0 Å². The van der Waals surface area contributed by atoms with Crippen LogP contribution < -0.4 is 5.32 Å². The number of aromatic nitrogens is 1. The molecule has 1 aliphatic carbocycles. The van der Waals surface area contributed by atoms with Crippen LogP contribution >= 0.6 is 11.6 Å². The van der Waals surface area contributed by atoms with E-state index in [1.54, 1.807) is 6.07 Å². The normalized spacial score (nSPS) is 22.8. The Labute approximate surface area is 119 Å². The van der Waals surface area contributed by atoms with Crippen LogP contribution in [0.15, 0.2) is 12.1 Å². The summed E-state index contributed by atoms with van der Waals surface area (Å²) in [5.41, 5.74) is 1.47. The smallest absolute Gasteiger partial charge is 0.251 e. The Bertz CT molecular complexity index is 473. The van der Waals surface area contributed by atoms with E-state index in [9.17, 15) is 4.79 Å². The monoisotopic (exact) mass is 280 g/mol. The molecule has 4 heteroatoms. The van der Waals surface area contributed by atoms with Crippen molar-refractivity contribution in [1.82, 2.24) is 10.3 Å². The summed E-state index contributed by atoms with van der Waals surface area (Å²) in [7, 11) is 0. The summed E-state index contributed by atoms with van der Waals surface area (Å²) in [4.78, 5) is 16.5. The summed E-state index contributed by atoms with van der Waals surface area (Å²) in [6, 6.07) is 3.78. The van der Waals surface area contributed by atoms with Crippen LogP contribution in [0, 0.1) is 5.92 Å². The molecule has 1 saturated carbocycles. The second-order valence-electron chi connectivity index (χ2n) is 5.85. The number of amides is 1. The molecule has 0 spiro atoms. The van der Waals surface area contributed by atoms with Crippen molar-refractivity contribution < 1.29 is 4.79 Å². The lowest BCUT2D eigenvalue weighted by atomic mass is 10.1. The highest BCUT2D eigenvalue weighted by Crippen LogP contribution is 2.25. The Morgan fingerprint density at radius 3 is 2.74 bits per heavy atom. The van der Waals surface area contributed by atoms with E-state index in [4.69, 9.17) is 11.6 Å². The number of halogens is 1. The number of hydrogen-bond acceptors (Lipinski definition) is 2. The summed E-state index contributed by atoms with van der Waals surface area (Å²) in [5, 5.41) is 3.48. The van der Waals surface area contributed by atoms with Crippen LogP contribution in [0.25, 0.3) is 0 Å². The van der Waals surface area contributed by atoms with E-state index in [-0.39, 0.29) is 11.8 Å². The van der Waals surface area contributed by atoms with Gasteiger partial charge in [0.1, 0.15) is 5.15 Å². The number of hydrogen-bond donors (Lipinski definition) is 1. The molecule has 1 aromatic heterocycles. The lowest BCUT2D eigenvalue weighted by Gasteiger charge is -2.14. The van der Waals surface area contributed by atoms with E-state index in [1.807, 2.05) is 19.9 Å². The average molecular weight is 281 g/mol. The fraction of sp³-hybridized carbons (Fsp3) is 0.600. The maximum Gasteiger partial charge on any atom is 0.251 e. The standard InChI is InChI=1S/C15H21ClN2O/c1-9(2)13-7-11(8-14(16)18-13)15(19)17-12-5-4-10(3)6-12/h7-10,12H,4-6H2,1-3H3,(H,17,19). The molecule has 0 radical (unpaired) electrons. The Morgan fingerprint density at radius 1 is 1.42 bits per heavy atom. The molecule has 0 aromatic carbocycles. The van der Waals surface area contributed by atoms with Crippen LogP contribution in [0.4, 0.5) is 0 Å². The summed E-state index contributed by atoms with van der Waals surface area (Å²) in [6.07, 6.45) is 3.34. The molecule has 1 aliphatic rings. The maximum atomic E-state index is 12.2. The molecule has 1 N–H and O–H groups in total. The van der Waals surface area contributed by atoms with Gasteiger partial charge in [-0.05, 0) is 43.2 Å². The van der Waals surface area contributed by atoms with Crippen LogP contribution in [0.3, 0.4) is 0 Å². The van der Waals surface area contributed by atoms with Gasteiger partial charge in [-0.25, -0.2) is 4.98 Å².